The Hall–Kier alpha value is -1.00. The minimum atomic E-state index is -4.11. The van der Waals surface area contributed by atoms with Crippen LogP contribution in [0.2, 0.25) is 0 Å². The van der Waals surface area contributed by atoms with Gasteiger partial charge in [-0.15, -0.1) is 0 Å². The van der Waals surface area contributed by atoms with Crippen LogP contribution < -0.4 is 5.14 Å². The SMILES string of the molecule is CN(C1CCOC1)S(=O)(=O)c1ccccc1S(N)(=O)=O. The molecule has 0 radical (unpaired) electrons. The lowest BCUT2D eigenvalue weighted by molar-refractivity contribution is 0.181. The smallest absolute Gasteiger partial charge is 0.244 e. The van der Waals surface area contributed by atoms with Crippen LogP contribution >= 0.6 is 0 Å². The Bertz CT molecular complexity index is 693. The van der Waals surface area contributed by atoms with E-state index in [0.717, 1.165) is 4.31 Å². The molecule has 0 saturated carbocycles. The Morgan fingerprint density at radius 3 is 2.30 bits per heavy atom. The lowest BCUT2D eigenvalue weighted by Gasteiger charge is -2.23. The van der Waals surface area contributed by atoms with E-state index in [2.05, 4.69) is 0 Å². The first-order chi connectivity index (χ1) is 9.24. The molecule has 0 amide bonds. The van der Waals surface area contributed by atoms with Crippen LogP contribution in [0.25, 0.3) is 0 Å². The predicted octanol–water partition coefficient (Wildman–Crippen LogP) is -0.257. The van der Waals surface area contributed by atoms with Gasteiger partial charge in [0.05, 0.1) is 12.6 Å². The molecule has 112 valence electrons. The fourth-order valence-corrected chi connectivity index (χ4v) is 4.78. The highest BCUT2D eigenvalue weighted by molar-refractivity contribution is 7.92. The number of rotatable bonds is 4. The van der Waals surface area contributed by atoms with Crippen molar-refractivity contribution >= 4 is 20.0 Å². The number of ether oxygens (including phenoxy) is 1. The molecule has 1 aromatic rings. The molecule has 1 fully saturated rings. The molecule has 1 atom stereocenters. The zero-order chi connectivity index (χ0) is 15.0. The second-order valence-electron chi connectivity index (χ2n) is 4.53. The average molecular weight is 320 g/mol. The fourth-order valence-electron chi connectivity index (χ4n) is 2.06. The zero-order valence-electron chi connectivity index (χ0n) is 10.9. The van der Waals surface area contributed by atoms with Gasteiger partial charge in [-0.1, -0.05) is 12.1 Å². The highest BCUT2D eigenvalue weighted by atomic mass is 32.2. The number of likely N-dealkylation sites (N-methyl/N-ethyl adjacent to an activating group) is 1. The molecule has 1 aliphatic heterocycles. The Labute approximate surface area is 118 Å². The maximum atomic E-state index is 12.5. The molecule has 1 aromatic carbocycles. The minimum absolute atomic E-state index is 0.298. The molecular weight excluding hydrogens is 304 g/mol. The molecule has 1 heterocycles. The number of nitrogens with zero attached hydrogens (tertiary/aromatic N) is 1. The van der Waals surface area contributed by atoms with Gasteiger partial charge in [-0.05, 0) is 18.6 Å². The van der Waals surface area contributed by atoms with Crippen LogP contribution in [0, 0.1) is 0 Å². The van der Waals surface area contributed by atoms with Crippen LogP contribution in [-0.2, 0) is 24.8 Å². The third kappa shape index (κ3) is 2.86. The van der Waals surface area contributed by atoms with E-state index < -0.39 is 24.9 Å². The summed E-state index contributed by atoms with van der Waals surface area (Å²) < 4.78 is 54.4. The lowest BCUT2D eigenvalue weighted by Crippen LogP contribution is -2.38. The normalized spacial score (nSPS) is 20.4. The van der Waals surface area contributed by atoms with Crippen molar-refractivity contribution < 1.29 is 21.6 Å². The number of nitrogens with two attached hydrogens (primary N) is 1. The van der Waals surface area contributed by atoms with Gasteiger partial charge in [0, 0.05) is 13.7 Å². The van der Waals surface area contributed by atoms with Crippen molar-refractivity contribution in [3.8, 4) is 0 Å². The first-order valence-corrected chi connectivity index (χ1v) is 8.91. The summed E-state index contributed by atoms with van der Waals surface area (Å²) in [5.41, 5.74) is 0. The number of primary sulfonamides is 1. The standard InChI is InChI=1S/C11H16N2O5S2/c1-13(9-6-7-18-8-9)20(16,17)11-5-3-2-4-10(11)19(12,14)15/h2-5,9H,6-8H2,1H3,(H2,12,14,15). The van der Waals surface area contributed by atoms with Crippen LogP contribution in [-0.4, -0.2) is 47.4 Å². The highest BCUT2D eigenvalue weighted by Crippen LogP contribution is 2.25. The van der Waals surface area contributed by atoms with Crippen molar-refractivity contribution in [2.75, 3.05) is 20.3 Å². The minimum Gasteiger partial charge on any atom is -0.380 e. The summed E-state index contributed by atoms with van der Waals surface area (Å²) in [5, 5.41) is 5.07. The van der Waals surface area contributed by atoms with Gasteiger partial charge in [0.25, 0.3) is 0 Å². The number of hydrogen-bond acceptors (Lipinski definition) is 5. The van der Waals surface area contributed by atoms with Crippen molar-refractivity contribution in [3.05, 3.63) is 24.3 Å². The molecule has 7 nitrogen and oxygen atoms in total. The van der Waals surface area contributed by atoms with E-state index >= 15 is 0 Å². The van der Waals surface area contributed by atoms with E-state index in [0.29, 0.717) is 19.6 Å². The third-order valence-corrected chi connectivity index (χ3v) is 6.30. The van der Waals surface area contributed by atoms with Gasteiger partial charge in [-0.3, -0.25) is 0 Å². The van der Waals surface area contributed by atoms with Gasteiger partial charge in [-0.25, -0.2) is 22.0 Å². The molecule has 2 rings (SSSR count). The van der Waals surface area contributed by atoms with Gasteiger partial charge in [-0.2, -0.15) is 4.31 Å². The molecule has 1 unspecified atom stereocenters. The van der Waals surface area contributed by atoms with Crippen molar-refractivity contribution in [2.24, 2.45) is 5.14 Å². The maximum Gasteiger partial charge on any atom is 0.244 e. The van der Waals surface area contributed by atoms with Crippen molar-refractivity contribution in [2.45, 2.75) is 22.3 Å². The van der Waals surface area contributed by atoms with Gasteiger partial charge >= 0.3 is 0 Å². The van der Waals surface area contributed by atoms with Crippen LogP contribution in [0.15, 0.2) is 34.1 Å². The predicted molar refractivity (Wildman–Crippen MR) is 72.0 cm³/mol. The van der Waals surface area contributed by atoms with Crippen LogP contribution in [0.5, 0.6) is 0 Å². The topological polar surface area (TPSA) is 107 Å². The Balaban J connectivity index is 2.50. The van der Waals surface area contributed by atoms with Crippen molar-refractivity contribution in [3.63, 3.8) is 0 Å². The van der Waals surface area contributed by atoms with E-state index in [1.54, 1.807) is 0 Å². The monoisotopic (exact) mass is 320 g/mol. The van der Waals surface area contributed by atoms with E-state index in [1.165, 1.54) is 31.3 Å². The van der Waals surface area contributed by atoms with Crippen LogP contribution in [0.1, 0.15) is 6.42 Å². The average Bonchev–Trinajstić information content (AvgIpc) is 2.90. The molecule has 9 heteroatoms. The van der Waals surface area contributed by atoms with Crippen LogP contribution in [0.3, 0.4) is 0 Å². The van der Waals surface area contributed by atoms with E-state index in [9.17, 15) is 16.8 Å². The molecule has 2 N–H and O–H groups in total. The van der Waals surface area contributed by atoms with Gasteiger partial charge in [0.1, 0.15) is 9.79 Å². The summed E-state index contributed by atoms with van der Waals surface area (Å²) in [6.07, 6.45) is 0.577. The number of hydrogen-bond donors (Lipinski definition) is 1. The molecule has 0 aromatic heterocycles. The summed E-state index contributed by atoms with van der Waals surface area (Å²) >= 11 is 0. The summed E-state index contributed by atoms with van der Waals surface area (Å²) in [7, 11) is -6.64. The van der Waals surface area contributed by atoms with Gasteiger partial charge < -0.3 is 4.74 Å². The zero-order valence-corrected chi connectivity index (χ0v) is 12.5. The van der Waals surface area contributed by atoms with E-state index in [-0.39, 0.29) is 10.9 Å². The summed E-state index contributed by atoms with van der Waals surface area (Å²) in [6, 6.07) is 5.01. The van der Waals surface area contributed by atoms with Gasteiger partial charge in [0.2, 0.25) is 20.0 Å². The maximum absolute atomic E-state index is 12.5. The second kappa shape index (κ2) is 5.41. The van der Waals surface area contributed by atoms with Crippen LogP contribution in [0.4, 0.5) is 0 Å². The van der Waals surface area contributed by atoms with Crippen molar-refractivity contribution in [1.29, 1.82) is 0 Å². The number of sulfonamides is 2. The first-order valence-electron chi connectivity index (χ1n) is 5.92. The largest absolute Gasteiger partial charge is 0.380 e. The quantitative estimate of drug-likeness (QED) is 0.823. The number of benzene rings is 1. The van der Waals surface area contributed by atoms with Crippen molar-refractivity contribution in [1.82, 2.24) is 4.31 Å². The Morgan fingerprint density at radius 2 is 1.80 bits per heavy atom. The second-order valence-corrected chi connectivity index (χ2v) is 8.03. The molecule has 20 heavy (non-hydrogen) atoms. The van der Waals surface area contributed by atoms with E-state index in [4.69, 9.17) is 9.88 Å². The highest BCUT2D eigenvalue weighted by Gasteiger charge is 2.33. The Kier molecular flexibility index (Phi) is 4.17. The molecule has 0 bridgehead atoms. The molecule has 0 spiro atoms. The lowest BCUT2D eigenvalue weighted by atomic mass is 10.3. The summed E-state index contributed by atoms with van der Waals surface area (Å²) in [5.74, 6) is 0. The Morgan fingerprint density at radius 1 is 1.20 bits per heavy atom. The molecular formula is C11H16N2O5S2. The van der Waals surface area contributed by atoms with Gasteiger partial charge in [0.15, 0.2) is 0 Å². The third-order valence-electron chi connectivity index (χ3n) is 3.23. The summed E-state index contributed by atoms with van der Waals surface area (Å²) in [4.78, 5) is -0.706. The molecule has 1 saturated heterocycles. The first kappa shape index (κ1) is 15.4. The molecule has 1 aliphatic rings. The molecule has 0 aliphatic carbocycles. The van der Waals surface area contributed by atoms with E-state index in [1.807, 2.05) is 0 Å². The summed E-state index contributed by atoms with van der Waals surface area (Å²) in [6.45, 7) is 0.786. The fraction of sp³-hybridized carbons (Fsp3) is 0.455.